The van der Waals surface area contributed by atoms with E-state index < -0.39 is 0 Å². The second kappa shape index (κ2) is 5.01. The van der Waals surface area contributed by atoms with Crippen molar-refractivity contribution in [3.63, 3.8) is 0 Å². The predicted octanol–water partition coefficient (Wildman–Crippen LogP) is 0.943. The van der Waals surface area contributed by atoms with Crippen LogP contribution in [0.15, 0.2) is 18.6 Å². The third-order valence-electron chi connectivity index (χ3n) is 2.72. The van der Waals surface area contributed by atoms with E-state index in [0.29, 0.717) is 0 Å². The minimum Gasteiger partial charge on any atom is -0.493 e. The predicted molar refractivity (Wildman–Crippen MR) is 63.9 cm³/mol. The third kappa shape index (κ3) is 2.03. The van der Waals surface area contributed by atoms with Crippen LogP contribution in [0, 0.1) is 0 Å². The van der Waals surface area contributed by atoms with Crippen molar-refractivity contribution in [2.45, 2.75) is 19.5 Å². The Morgan fingerprint density at radius 1 is 1.59 bits per heavy atom. The first-order valence-electron chi connectivity index (χ1n) is 5.58. The number of nitrogens with one attached hydrogen (secondary N) is 2. The summed E-state index contributed by atoms with van der Waals surface area (Å²) in [6.07, 6.45) is 5.27. The first-order chi connectivity index (χ1) is 8.31. The van der Waals surface area contributed by atoms with Crippen molar-refractivity contribution < 1.29 is 4.74 Å². The van der Waals surface area contributed by atoms with Gasteiger partial charge in [0.25, 0.3) is 0 Å². The monoisotopic (exact) mass is 235 g/mol. The average Bonchev–Trinajstić information content (AvgIpc) is 2.99. The lowest BCUT2D eigenvalue weighted by atomic mass is 10.2. The van der Waals surface area contributed by atoms with E-state index in [2.05, 4.69) is 20.4 Å². The summed E-state index contributed by atoms with van der Waals surface area (Å²) in [6.45, 7) is 2.84. The highest BCUT2D eigenvalue weighted by Gasteiger charge is 2.23. The zero-order valence-corrected chi connectivity index (χ0v) is 10.3. The van der Waals surface area contributed by atoms with Crippen LogP contribution in [0.25, 0.3) is 0 Å². The van der Waals surface area contributed by atoms with Gasteiger partial charge in [-0.15, -0.1) is 0 Å². The number of nitrogens with zero attached hydrogens (tertiary/aromatic N) is 3. The number of aromatic amines is 1. The Morgan fingerprint density at radius 2 is 2.41 bits per heavy atom. The summed E-state index contributed by atoms with van der Waals surface area (Å²) >= 11 is 0. The number of aryl methyl sites for hydroxylation is 1. The molecule has 17 heavy (non-hydrogen) atoms. The van der Waals surface area contributed by atoms with Crippen molar-refractivity contribution in [2.75, 3.05) is 14.2 Å². The quantitative estimate of drug-likeness (QED) is 0.809. The Morgan fingerprint density at radius 3 is 2.94 bits per heavy atom. The van der Waals surface area contributed by atoms with Gasteiger partial charge in [0.1, 0.15) is 17.6 Å². The van der Waals surface area contributed by atoms with Crippen LogP contribution in [0.1, 0.15) is 24.5 Å². The Labute approximate surface area is 100 Å². The van der Waals surface area contributed by atoms with Gasteiger partial charge in [-0.2, -0.15) is 5.10 Å². The molecule has 2 aromatic rings. The van der Waals surface area contributed by atoms with Crippen LogP contribution in [0.3, 0.4) is 0 Å². The summed E-state index contributed by atoms with van der Waals surface area (Å²) in [5.41, 5.74) is 0.979. The normalized spacial score (nSPS) is 12.6. The molecule has 1 atom stereocenters. The van der Waals surface area contributed by atoms with Crippen LogP contribution < -0.4 is 10.1 Å². The van der Waals surface area contributed by atoms with E-state index in [1.807, 2.05) is 18.7 Å². The number of imidazole rings is 1. The Hall–Kier alpha value is -1.82. The number of hydrogen-bond acceptors (Lipinski definition) is 4. The van der Waals surface area contributed by atoms with Gasteiger partial charge in [0.2, 0.25) is 0 Å². The van der Waals surface area contributed by atoms with Crippen LogP contribution in [0.4, 0.5) is 0 Å². The van der Waals surface area contributed by atoms with Crippen molar-refractivity contribution in [1.82, 2.24) is 25.1 Å². The van der Waals surface area contributed by atoms with Gasteiger partial charge in [0.05, 0.1) is 13.3 Å². The molecule has 0 amide bonds. The maximum Gasteiger partial charge on any atom is 0.162 e. The molecule has 0 saturated carbocycles. The number of aromatic nitrogens is 4. The van der Waals surface area contributed by atoms with E-state index in [4.69, 9.17) is 4.74 Å². The van der Waals surface area contributed by atoms with Gasteiger partial charge in [-0.05, 0) is 14.0 Å². The number of rotatable bonds is 5. The molecule has 1 unspecified atom stereocenters. The van der Waals surface area contributed by atoms with Crippen molar-refractivity contribution in [1.29, 1.82) is 0 Å². The lowest BCUT2D eigenvalue weighted by molar-refractivity contribution is 0.400. The van der Waals surface area contributed by atoms with Gasteiger partial charge in [0.15, 0.2) is 5.75 Å². The summed E-state index contributed by atoms with van der Waals surface area (Å²) in [5.74, 6) is 1.61. The molecule has 0 aliphatic rings. The second-order valence-electron chi connectivity index (χ2n) is 3.61. The van der Waals surface area contributed by atoms with Gasteiger partial charge in [-0.3, -0.25) is 4.68 Å². The van der Waals surface area contributed by atoms with Crippen LogP contribution in [-0.4, -0.2) is 33.9 Å². The standard InChI is InChI=1S/C11H17N5O/c1-4-16-10(8(17-3)7-15-16)9(12-2)11-13-5-6-14-11/h5-7,9,12H,4H2,1-3H3,(H,13,14). The van der Waals surface area contributed by atoms with Gasteiger partial charge < -0.3 is 15.0 Å². The molecule has 2 heterocycles. The first-order valence-corrected chi connectivity index (χ1v) is 5.58. The zero-order chi connectivity index (χ0) is 12.3. The van der Waals surface area contributed by atoms with Crippen LogP contribution in [-0.2, 0) is 6.54 Å². The molecule has 92 valence electrons. The fourth-order valence-electron chi connectivity index (χ4n) is 1.92. The number of H-pyrrole nitrogens is 1. The van der Waals surface area contributed by atoms with Gasteiger partial charge in [-0.25, -0.2) is 4.98 Å². The van der Waals surface area contributed by atoms with Crippen LogP contribution in [0.2, 0.25) is 0 Å². The summed E-state index contributed by atoms with van der Waals surface area (Å²) in [4.78, 5) is 7.39. The molecule has 6 heteroatoms. The topological polar surface area (TPSA) is 67.8 Å². The number of methoxy groups -OCH3 is 1. The van der Waals surface area contributed by atoms with E-state index in [-0.39, 0.29) is 6.04 Å². The molecule has 0 radical (unpaired) electrons. The highest BCUT2D eigenvalue weighted by Crippen LogP contribution is 2.27. The Balaban J connectivity index is 2.46. The Kier molecular flexibility index (Phi) is 3.43. The lowest BCUT2D eigenvalue weighted by Crippen LogP contribution is -2.23. The highest BCUT2D eigenvalue weighted by molar-refractivity contribution is 5.32. The SMILES string of the molecule is CCn1ncc(OC)c1C(NC)c1ncc[nH]1. The molecule has 6 nitrogen and oxygen atoms in total. The first kappa shape index (κ1) is 11.7. The van der Waals surface area contributed by atoms with Crippen molar-refractivity contribution in [3.05, 3.63) is 30.1 Å². The molecular formula is C11H17N5O. The highest BCUT2D eigenvalue weighted by atomic mass is 16.5. The molecular weight excluding hydrogens is 218 g/mol. The molecule has 2 N–H and O–H groups in total. The second-order valence-corrected chi connectivity index (χ2v) is 3.61. The minimum atomic E-state index is -0.0533. The molecule has 2 rings (SSSR count). The fraction of sp³-hybridized carbons (Fsp3) is 0.455. The van der Waals surface area contributed by atoms with Crippen molar-refractivity contribution in [2.24, 2.45) is 0 Å². The molecule has 0 bridgehead atoms. The lowest BCUT2D eigenvalue weighted by Gasteiger charge is -2.16. The van der Waals surface area contributed by atoms with E-state index in [1.165, 1.54) is 0 Å². The zero-order valence-electron chi connectivity index (χ0n) is 10.3. The summed E-state index contributed by atoms with van der Waals surface area (Å²) in [6, 6.07) is -0.0533. The van der Waals surface area contributed by atoms with Crippen LogP contribution in [0.5, 0.6) is 5.75 Å². The minimum absolute atomic E-state index is 0.0533. The molecule has 0 aliphatic heterocycles. The number of hydrogen-bond donors (Lipinski definition) is 2. The van der Waals surface area contributed by atoms with E-state index in [1.54, 1.807) is 25.7 Å². The molecule has 0 saturated heterocycles. The molecule has 0 fully saturated rings. The smallest absolute Gasteiger partial charge is 0.162 e. The van der Waals surface area contributed by atoms with Gasteiger partial charge in [0, 0.05) is 18.9 Å². The maximum atomic E-state index is 5.34. The Bertz CT molecular complexity index is 441. The van der Waals surface area contributed by atoms with Crippen molar-refractivity contribution in [3.8, 4) is 5.75 Å². The largest absolute Gasteiger partial charge is 0.493 e. The van der Waals surface area contributed by atoms with Crippen LogP contribution >= 0.6 is 0 Å². The number of ether oxygens (including phenoxy) is 1. The van der Waals surface area contributed by atoms with E-state index in [9.17, 15) is 0 Å². The van der Waals surface area contributed by atoms with E-state index in [0.717, 1.165) is 23.8 Å². The summed E-state index contributed by atoms with van der Waals surface area (Å²) in [5, 5.41) is 7.52. The van der Waals surface area contributed by atoms with Gasteiger partial charge in [-0.1, -0.05) is 0 Å². The summed E-state index contributed by atoms with van der Waals surface area (Å²) in [7, 11) is 3.54. The maximum absolute atomic E-state index is 5.34. The molecule has 2 aromatic heterocycles. The third-order valence-corrected chi connectivity index (χ3v) is 2.72. The summed E-state index contributed by atoms with van der Waals surface area (Å²) < 4.78 is 7.25. The molecule has 0 spiro atoms. The molecule has 0 aromatic carbocycles. The molecule has 0 aliphatic carbocycles. The fourth-order valence-corrected chi connectivity index (χ4v) is 1.92. The van der Waals surface area contributed by atoms with E-state index >= 15 is 0 Å². The van der Waals surface area contributed by atoms with Gasteiger partial charge >= 0.3 is 0 Å². The average molecular weight is 235 g/mol. The van der Waals surface area contributed by atoms with Crippen molar-refractivity contribution >= 4 is 0 Å².